The van der Waals surface area contributed by atoms with Crippen molar-refractivity contribution in [3.8, 4) is 0 Å². The van der Waals surface area contributed by atoms with Crippen LogP contribution in [0, 0.1) is 0 Å². The maximum absolute atomic E-state index is 11.9. The number of hydrogen-bond acceptors (Lipinski definition) is 5. The molecule has 8 heteroatoms. The van der Waals surface area contributed by atoms with Crippen LogP contribution in [-0.2, 0) is 14.3 Å². The van der Waals surface area contributed by atoms with Crippen molar-refractivity contribution in [3.05, 3.63) is 16.7 Å². The lowest BCUT2D eigenvalue weighted by Gasteiger charge is -2.07. The molecule has 0 radical (unpaired) electrons. The normalized spacial score (nSPS) is 12.8. The van der Waals surface area contributed by atoms with E-state index in [1.54, 1.807) is 25.4 Å². The molecule has 2 heterocycles. The molecule has 88 valence electrons. The summed E-state index contributed by atoms with van der Waals surface area (Å²) in [6.07, 6.45) is 1.15. The summed E-state index contributed by atoms with van der Waals surface area (Å²) in [5.74, 6) is 0. The Labute approximate surface area is 102 Å². The van der Waals surface area contributed by atoms with Gasteiger partial charge in [0.05, 0.1) is 6.10 Å². The van der Waals surface area contributed by atoms with Gasteiger partial charge in [0.15, 0.2) is 10.1 Å². The minimum atomic E-state index is -3.87. The van der Waals surface area contributed by atoms with Gasteiger partial charge < -0.3 is 0 Å². The molecule has 0 spiro atoms. The van der Waals surface area contributed by atoms with Crippen LogP contribution in [0.5, 0.6) is 0 Å². The van der Waals surface area contributed by atoms with E-state index in [0.29, 0.717) is 4.96 Å². The second-order valence-corrected chi connectivity index (χ2v) is 6.08. The summed E-state index contributed by atoms with van der Waals surface area (Å²) in [5, 5.41) is 1.55. The van der Waals surface area contributed by atoms with Crippen LogP contribution < -0.4 is 0 Å². The third kappa shape index (κ3) is 1.95. The monoisotopic (exact) mass is 280 g/mol. The maximum atomic E-state index is 11.9. The van der Waals surface area contributed by atoms with Gasteiger partial charge in [0.1, 0.15) is 0 Å². The van der Waals surface area contributed by atoms with Gasteiger partial charge in [-0.15, -0.1) is 11.3 Å². The van der Waals surface area contributed by atoms with Gasteiger partial charge in [-0.2, -0.15) is 8.42 Å². The minimum Gasteiger partial charge on any atom is -0.278 e. The van der Waals surface area contributed by atoms with E-state index in [2.05, 4.69) is 4.98 Å². The first kappa shape index (κ1) is 11.8. The van der Waals surface area contributed by atoms with Gasteiger partial charge in [-0.3, -0.25) is 8.58 Å². The van der Waals surface area contributed by atoms with Gasteiger partial charge in [-0.1, -0.05) is 11.6 Å². The number of halogens is 1. The topological polar surface area (TPSA) is 60.7 Å². The van der Waals surface area contributed by atoms with Gasteiger partial charge in [-0.05, 0) is 13.8 Å². The van der Waals surface area contributed by atoms with Crippen LogP contribution in [-0.4, -0.2) is 23.9 Å². The number of nitrogens with zero attached hydrogens (tertiary/aromatic N) is 2. The lowest BCUT2D eigenvalue weighted by Crippen LogP contribution is -2.14. The SMILES string of the molecule is CC(C)OS(=O)(=O)c1c(Cl)nc2sccn12. The van der Waals surface area contributed by atoms with Gasteiger partial charge in [0, 0.05) is 11.6 Å². The maximum Gasteiger partial charge on any atom is 0.316 e. The van der Waals surface area contributed by atoms with Crippen molar-refractivity contribution in [2.75, 3.05) is 0 Å². The van der Waals surface area contributed by atoms with Crippen molar-refractivity contribution in [3.63, 3.8) is 0 Å². The van der Waals surface area contributed by atoms with Crippen LogP contribution in [0.15, 0.2) is 16.6 Å². The van der Waals surface area contributed by atoms with Crippen LogP contribution >= 0.6 is 22.9 Å². The van der Waals surface area contributed by atoms with Crippen LogP contribution in [0.1, 0.15) is 13.8 Å². The number of imidazole rings is 1. The number of hydrogen-bond donors (Lipinski definition) is 0. The van der Waals surface area contributed by atoms with Gasteiger partial charge >= 0.3 is 10.1 Å². The van der Waals surface area contributed by atoms with E-state index in [1.165, 1.54) is 15.7 Å². The Morgan fingerprint density at radius 1 is 1.56 bits per heavy atom. The molecule has 0 saturated carbocycles. The second-order valence-electron chi connectivity index (χ2n) is 3.36. The van der Waals surface area contributed by atoms with Gasteiger partial charge in [0.2, 0.25) is 5.03 Å². The molecule has 0 unspecified atom stereocenters. The quantitative estimate of drug-likeness (QED) is 0.809. The van der Waals surface area contributed by atoms with E-state index in [1.807, 2.05) is 0 Å². The Balaban J connectivity index is 2.62. The molecule has 16 heavy (non-hydrogen) atoms. The fourth-order valence-electron chi connectivity index (χ4n) is 1.26. The molecular formula is C8H9ClN2O3S2. The van der Waals surface area contributed by atoms with Crippen molar-refractivity contribution in [2.45, 2.75) is 25.0 Å². The molecule has 0 aliphatic rings. The Bertz CT molecular complexity index is 614. The van der Waals surface area contributed by atoms with E-state index in [4.69, 9.17) is 15.8 Å². The number of aromatic nitrogens is 2. The molecule has 0 aromatic carbocycles. The van der Waals surface area contributed by atoms with Crippen molar-refractivity contribution in [1.82, 2.24) is 9.38 Å². The average molecular weight is 281 g/mol. The van der Waals surface area contributed by atoms with E-state index in [0.717, 1.165) is 0 Å². The van der Waals surface area contributed by atoms with Crippen LogP contribution in [0.2, 0.25) is 5.15 Å². The summed E-state index contributed by atoms with van der Waals surface area (Å²) in [6, 6.07) is 0. The molecule has 2 rings (SSSR count). The Morgan fingerprint density at radius 3 is 2.88 bits per heavy atom. The highest BCUT2D eigenvalue weighted by molar-refractivity contribution is 7.86. The first-order valence-electron chi connectivity index (χ1n) is 4.46. The summed E-state index contributed by atoms with van der Waals surface area (Å²) >= 11 is 7.10. The lowest BCUT2D eigenvalue weighted by molar-refractivity contribution is 0.247. The first-order valence-corrected chi connectivity index (χ1v) is 7.13. The highest BCUT2D eigenvalue weighted by Crippen LogP contribution is 2.27. The molecule has 0 atom stereocenters. The van der Waals surface area contributed by atoms with E-state index >= 15 is 0 Å². The summed E-state index contributed by atoms with van der Waals surface area (Å²) in [6.45, 7) is 3.27. The molecule has 0 N–H and O–H groups in total. The molecule has 0 amide bonds. The zero-order valence-corrected chi connectivity index (χ0v) is 10.9. The predicted octanol–water partition coefficient (Wildman–Crippen LogP) is 2.16. The molecule has 0 aliphatic heterocycles. The Morgan fingerprint density at radius 2 is 2.25 bits per heavy atom. The third-order valence-corrected chi connectivity index (χ3v) is 4.37. The van der Waals surface area contributed by atoms with Crippen LogP contribution in [0.25, 0.3) is 4.96 Å². The summed E-state index contributed by atoms with van der Waals surface area (Å²) in [7, 11) is -3.87. The molecular weight excluding hydrogens is 272 g/mol. The molecule has 0 fully saturated rings. The third-order valence-electron chi connectivity index (χ3n) is 1.73. The highest BCUT2D eigenvalue weighted by atomic mass is 35.5. The van der Waals surface area contributed by atoms with Gasteiger partial charge in [-0.25, -0.2) is 4.98 Å². The molecule has 2 aromatic rings. The largest absolute Gasteiger partial charge is 0.316 e. The molecule has 2 aromatic heterocycles. The van der Waals surface area contributed by atoms with Crippen LogP contribution in [0.3, 0.4) is 0 Å². The summed E-state index contributed by atoms with van der Waals surface area (Å²) < 4.78 is 30.0. The first-order chi connectivity index (χ1) is 7.42. The van der Waals surface area contributed by atoms with Crippen molar-refractivity contribution in [2.24, 2.45) is 0 Å². The number of thiazole rings is 1. The zero-order valence-electron chi connectivity index (χ0n) is 8.55. The predicted molar refractivity (Wildman–Crippen MR) is 61.5 cm³/mol. The standard InChI is InChI=1S/C8H9ClN2O3S2/c1-5(2)14-16(12,13)7-6(9)10-8-11(7)3-4-15-8/h3-5H,1-2H3. The number of rotatable bonds is 3. The van der Waals surface area contributed by atoms with Crippen molar-refractivity contribution in [1.29, 1.82) is 0 Å². The average Bonchev–Trinajstić information content (AvgIpc) is 2.58. The van der Waals surface area contributed by atoms with Crippen molar-refractivity contribution < 1.29 is 12.6 Å². The fourth-order valence-corrected chi connectivity index (χ4v) is 3.78. The van der Waals surface area contributed by atoms with E-state index < -0.39 is 16.2 Å². The molecule has 0 aliphatic carbocycles. The minimum absolute atomic E-state index is 0.0625. The van der Waals surface area contributed by atoms with E-state index in [-0.39, 0.29) is 10.2 Å². The summed E-state index contributed by atoms with van der Waals surface area (Å²) in [4.78, 5) is 4.46. The second kappa shape index (κ2) is 3.99. The number of fused-ring (bicyclic) bond motifs is 1. The highest BCUT2D eigenvalue weighted by Gasteiger charge is 2.26. The van der Waals surface area contributed by atoms with Crippen LogP contribution in [0.4, 0.5) is 0 Å². The molecule has 5 nitrogen and oxygen atoms in total. The fraction of sp³-hybridized carbons (Fsp3) is 0.375. The summed E-state index contributed by atoms with van der Waals surface area (Å²) in [5.41, 5.74) is 0. The molecule has 0 bridgehead atoms. The molecule has 0 saturated heterocycles. The Kier molecular flexibility index (Phi) is 2.95. The lowest BCUT2D eigenvalue weighted by atomic mass is 10.5. The Hall–Kier alpha value is -0.630. The van der Waals surface area contributed by atoms with Gasteiger partial charge in [0.25, 0.3) is 0 Å². The smallest absolute Gasteiger partial charge is 0.278 e. The zero-order chi connectivity index (χ0) is 11.9. The van der Waals surface area contributed by atoms with Crippen molar-refractivity contribution >= 4 is 38.0 Å². The van der Waals surface area contributed by atoms with E-state index in [9.17, 15) is 8.42 Å².